The highest BCUT2D eigenvalue weighted by Gasteiger charge is 2.68. The summed E-state index contributed by atoms with van der Waals surface area (Å²) in [6.07, 6.45) is -7.97. The van der Waals surface area contributed by atoms with Gasteiger partial charge >= 0.3 is 15.4 Å². The summed E-state index contributed by atoms with van der Waals surface area (Å²) < 4.78 is 48.1. The molecule has 244 valence electrons. The number of fused-ring (bicyclic) bond motifs is 2. The van der Waals surface area contributed by atoms with Crippen molar-refractivity contribution in [3.8, 4) is 0 Å². The first-order valence-corrected chi connectivity index (χ1v) is 15.9. The molecule has 4 aromatic rings. The predicted molar refractivity (Wildman–Crippen MR) is 144 cm³/mol. The standard InChI is InChI=1S/C20H26N10O13P2/c21-14-9-16(25-3-23-14)29(5-27-9)18-12(32)11(31)7(42-18)1-40-44(35,36)20(34)13(33)8(2-41-45(37,38)39)43-19(20)30-6-28-10-15(22)24-4-26-17(10)30/h3-8,11-13,18-19,31-34H,1-2H2,(H,35,36)(H2,21,23,25)(H2,22,24,26)(H2,37,38,39)/t7-,8-,11-,12-,13-,18-,19-,20+/m1/s1. The van der Waals surface area contributed by atoms with Gasteiger partial charge in [-0.15, -0.1) is 0 Å². The second kappa shape index (κ2) is 11.2. The molecular weight excluding hydrogens is 650 g/mol. The minimum atomic E-state index is -5.54. The molecule has 23 nitrogen and oxygen atoms in total. The van der Waals surface area contributed by atoms with Crippen molar-refractivity contribution in [2.75, 3.05) is 24.7 Å². The SMILES string of the molecule is Nc1ncnc2c1ncn2[C@@H]1O[C@H](COP(=O)(O)[C@@]2(O)[C@H](O)[C@@H](COP(=O)(O)O)O[C@H]2n2cnc3c(N)ncnc32)[C@@H](O)[C@H]1O. The largest absolute Gasteiger partial charge is 0.469 e. The molecule has 1 unspecified atom stereocenters. The first kappa shape index (κ1) is 31.7. The number of aliphatic hydroxyl groups excluding tert-OH is 3. The molecule has 0 bridgehead atoms. The van der Waals surface area contributed by atoms with Gasteiger partial charge < -0.3 is 60.6 Å². The number of nitrogen functional groups attached to an aromatic ring is 2. The highest BCUT2D eigenvalue weighted by atomic mass is 31.2. The van der Waals surface area contributed by atoms with E-state index in [4.69, 9.17) is 35.3 Å². The molecule has 0 spiro atoms. The number of ether oxygens (including phenoxy) is 2. The zero-order chi connectivity index (χ0) is 32.5. The quantitative estimate of drug-likeness (QED) is 0.0784. The maximum Gasteiger partial charge on any atom is 0.469 e. The van der Waals surface area contributed by atoms with Gasteiger partial charge in [0.15, 0.2) is 35.4 Å². The molecule has 0 radical (unpaired) electrons. The van der Waals surface area contributed by atoms with E-state index in [2.05, 4.69) is 34.4 Å². The summed E-state index contributed by atoms with van der Waals surface area (Å²) in [5, 5.41) is 40.9. The van der Waals surface area contributed by atoms with Gasteiger partial charge in [-0.2, -0.15) is 0 Å². The Kier molecular flexibility index (Phi) is 7.89. The van der Waals surface area contributed by atoms with Crippen LogP contribution < -0.4 is 11.5 Å². The van der Waals surface area contributed by atoms with Gasteiger partial charge in [0, 0.05) is 0 Å². The molecule has 11 N–H and O–H groups in total. The fraction of sp³-hybridized carbons (Fsp3) is 0.500. The lowest BCUT2D eigenvalue weighted by Crippen LogP contribution is -2.47. The smallest absolute Gasteiger partial charge is 0.387 e. The Morgan fingerprint density at radius 3 is 1.96 bits per heavy atom. The number of hydrogen-bond acceptors (Lipinski definition) is 18. The lowest BCUT2D eigenvalue weighted by Gasteiger charge is -2.34. The van der Waals surface area contributed by atoms with Crippen molar-refractivity contribution >= 4 is 49.4 Å². The molecule has 0 amide bonds. The maximum atomic E-state index is 13.8. The minimum Gasteiger partial charge on any atom is -0.387 e. The number of nitrogens with zero attached hydrogens (tertiary/aromatic N) is 8. The van der Waals surface area contributed by atoms with Crippen LogP contribution in [0.1, 0.15) is 12.5 Å². The van der Waals surface area contributed by atoms with E-state index >= 15 is 0 Å². The summed E-state index contributed by atoms with van der Waals surface area (Å²) in [7, 11) is -10.7. The van der Waals surface area contributed by atoms with Crippen molar-refractivity contribution in [3.63, 3.8) is 0 Å². The van der Waals surface area contributed by atoms with Gasteiger partial charge in [0.25, 0.3) is 0 Å². The fourth-order valence-electron chi connectivity index (χ4n) is 5.11. The van der Waals surface area contributed by atoms with E-state index in [0.29, 0.717) is 0 Å². The van der Waals surface area contributed by atoms with Crippen molar-refractivity contribution in [1.29, 1.82) is 0 Å². The summed E-state index contributed by atoms with van der Waals surface area (Å²) >= 11 is 0. The number of phosphoric ester groups is 1. The van der Waals surface area contributed by atoms with E-state index in [9.17, 15) is 34.4 Å². The third kappa shape index (κ3) is 5.26. The van der Waals surface area contributed by atoms with E-state index in [1.54, 1.807) is 0 Å². The number of hydrogen-bond donors (Lipinski definition) is 9. The van der Waals surface area contributed by atoms with Crippen LogP contribution in [-0.4, -0.2) is 123 Å². The molecule has 2 saturated heterocycles. The van der Waals surface area contributed by atoms with E-state index < -0.39 is 76.9 Å². The average molecular weight is 676 g/mol. The van der Waals surface area contributed by atoms with Crippen LogP contribution >= 0.6 is 15.4 Å². The molecule has 4 aromatic heterocycles. The Hall–Kier alpha value is -3.28. The van der Waals surface area contributed by atoms with Crippen LogP contribution in [0.4, 0.5) is 11.6 Å². The van der Waals surface area contributed by atoms with Gasteiger partial charge in [-0.05, 0) is 0 Å². The van der Waals surface area contributed by atoms with E-state index in [0.717, 1.165) is 23.5 Å². The Balaban J connectivity index is 1.28. The molecule has 6 heterocycles. The van der Waals surface area contributed by atoms with Gasteiger partial charge in [0.05, 0.1) is 25.9 Å². The van der Waals surface area contributed by atoms with Gasteiger partial charge in [0.2, 0.25) is 5.34 Å². The zero-order valence-corrected chi connectivity index (χ0v) is 24.3. The first-order valence-electron chi connectivity index (χ1n) is 12.7. The van der Waals surface area contributed by atoms with E-state index in [-0.39, 0.29) is 34.0 Å². The molecule has 2 fully saturated rings. The van der Waals surface area contributed by atoms with Crippen LogP contribution in [0.2, 0.25) is 0 Å². The van der Waals surface area contributed by atoms with Gasteiger partial charge in [-0.25, -0.2) is 34.5 Å². The number of rotatable bonds is 9. The molecule has 25 heteroatoms. The number of aliphatic hydroxyl groups is 4. The number of anilines is 2. The van der Waals surface area contributed by atoms with E-state index in [1.807, 2.05) is 0 Å². The maximum absolute atomic E-state index is 13.8. The van der Waals surface area contributed by atoms with Gasteiger partial charge in [-0.3, -0.25) is 18.2 Å². The number of imidazole rings is 2. The number of phosphoric acid groups is 1. The molecule has 0 aliphatic carbocycles. The lowest BCUT2D eigenvalue weighted by molar-refractivity contribution is -0.0792. The summed E-state index contributed by atoms with van der Waals surface area (Å²) in [6, 6.07) is 0. The topological polar surface area (TPSA) is 352 Å². The molecule has 9 atom stereocenters. The molecule has 6 rings (SSSR count). The second-order valence-corrected chi connectivity index (χ2v) is 13.3. The fourth-order valence-corrected chi connectivity index (χ4v) is 6.97. The summed E-state index contributed by atoms with van der Waals surface area (Å²) in [4.78, 5) is 53.1. The van der Waals surface area contributed by atoms with Crippen LogP contribution in [0.25, 0.3) is 22.3 Å². The molecule has 2 aliphatic heterocycles. The van der Waals surface area contributed by atoms with Crippen molar-refractivity contribution in [1.82, 2.24) is 39.0 Å². The Bertz CT molecular complexity index is 1840. The molecule has 45 heavy (non-hydrogen) atoms. The lowest BCUT2D eigenvalue weighted by atomic mass is 10.1. The predicted octanol–water partition coefficient (Wildman–Crippen LogP) is -3.29. The van der Waals surface area contributed by atoms with Crippen LogP contribution in [0.15, 0.2) is 25.3 Å². The summed E-state index contributed by atoms with van der Waals surface area (Å²) in [5.74, 6) is -0.0664. The molecular formula is C20H26N10O13P2. The normalized spacial score (nSPS) is 32.0. The Morgan fingerprint density at radius 2 is 1.36 bits per heavy atom. The Morgan fingerprint density at radius 1 is 0.800 bits per heavy atom. The summed E-state index contributed by atoms with van der Waals surface area (Å²) in [6.45, 7) is -1.98. The minimum absolute atomic E-state index is 0.0110. The second-order valence-electron chi connectivity index (χ2n) is 10.1. The van der Waals surface area contributed by atoms with E-state index in [1.165, 1.54) is 10.9 Å². The highest BCUT2D eigenvalue weighted by molar-refractivity contribution is 7.54. The van der Waals surface area contributed by atoms with Crippen LogP contribution in [0, 0.1) is 0 Å². The Labute approximate surface area is 249 Å². The van der Waals surface area contributed by atoms with Crippen LogP contribution in [0.3, 0.4) is 0 Å². The number of aromatic nitrogens is 8. The van der Waals surface area contributed by atoms with Crippen molar-refractivity contribution in [2.24, 2.45) is 0 Å². The number of nitrogens with two attached hydrogens (primary N) is 2. The van der Waals surface area contributed by atoms with Gasteiger partial charge in [0.1, 0.15) is 54.2 Å². The average Bonchev–Trinajstić information content (AvgIpc) is 3.73. The highest BCUT2D eigenvalue weighted by Crippen LogP contribution is 2.64. The third-order valence-electron chi connectivity index (χ3n) is 7.37. The van der Waals surface area contributed by atoms with Crippen LogP contribution in [0.5, 0.6) is 0 Å². The molecule has 0 saturated carbocycles. The summed E-state index contributed by atoms with van der Waals surface area (Å²) in [5.41, 5.74) is 11.8. The molecule has 2 aliphatic rings. The zero-order valence-electron chi connectivity index (χ0n) is 22.5. The monoisotopic (exact) mass is 676 g/mol. The molecule has 0 aromatic carbocycles. The van der Waals surface area contributed by atoms with Crippen LogP contribution in [-0.2, 0) is 27.7 Å². The van der Waals surface area contributed by atoms with Crippen molar-refractivity contribution in [2.45, 2.75) is 48.3 Å². The van der Waals surface area contributed by atoms with Crippen molar-refractivity contribution < 1.29 is 62.8 Å². The first-order chi connectivity index (χ1) is 21.1. The van der Waals surface area contributed by atoms with Gasteiger partial charge in [-0.1, -0.05) is 0 Å². The van der Waals surface area contributed by atoms with Crippen molar-refractivity contribution in [3.05, 3.63) is 25.3 Å². The third-order valence-corrected chi connectivity index (χ3v) is 9.74.